The van der Waals surface area contributed by atoms with Gasteiger partial charge in [-0.05, 0) is 74.6 Å². The van der Waals surface area contributed by atoms with Gasteiger partial charge in [-0.15, -0.1) is 10.2 Å². The molecule has 0 radical (unpaired) electrons. The van der Waals surface area contributed by atoms with Gasteiger partial charge < -0.3 is 19.9 Å². The van der Waals surface area contributed by atoms with E-state index >= 15 is 0 Å². The number of para-hydroxylation sites is 1. The van der Waals surface area contributed by atoms with Gasteiger partial charge in [-0.25, -0.2) is 0 Å². The molecule has 0 spiro atoms. The smallest absolute Gasteiger partial charge is 0.251 e. The van der Waals surface area contributed by atoms with Crippen LogP contribution in [0.15, 0.2) is 47.6 Å². The van der Waals surface area contributed by atoms with Crippen LogP contribution in [-0.2, 0) is 11.3 Å². The van der Waals surface area contributed by atoms with Gasteiger partial charge in [-0.1, -0.05) is 30.0 Å². The zero-order valence-electron chi connectivity index (χ0n) is 21.3. The Bertz CT molecular complexity index is 1160. The summed E-state index contributed by atoms with van der Waals surface area (Å²) in [5.41, 5.74) is 3.44. The molecule has 10 heteroatoms. The van der Waals surface area contributed by atoms with Gasteiger partial charge >= 0.3 is 0 Å². The Kier molecular flexibility index (Phi) is 10.2. The van der Waals surface area contributed by atoms with Gasteiger partial charge in [0.15, 0.2) is 11.0 Å². The number of carbonyl (C=O) groups excluding carboxylic acids is 2. The van der Waals surface area contributed by atoms with E-state index in [1.807, 2.05) is 49.8 Å². The molecule has 2 aromatic carbocycles. The predicted molar refractivity (Wildman–Crippen MR) is 147 cm³/mol. The highest BCUT2D eigenvalue weighted by molar-refractivity contribution is 7.99. The van der Waals surface area contributed by atoms with Gasteiger partial charge in [0.05, 0.1) is 18.9 Å². The van der Waals surface area contributed by atoms with Gasteiger partial charge in [0.25, 0.3) is 5.91 Å². The van der Waals surface area contributed by atoms with E-state index in [-0.39, 0.29) is 23.6 Å². The molecule has 2 amide bonds. The maximum absolute atomic E-state index is 13.0. The third-order valence-corrected chi connectivity index (χ3v) is 7.33. The number of nitrogens with zero attached hydrogens (tertiary/aromatic N) is 3. The van der Waals surface area contributed by atoms with Crippen LogP contribution in [0.1, 0.15) is 46.7 Å². The van der Waals surface area contributed by atoms with Gasteiger partial charge in [-0.2, -0.15) is 11.8 Å². The van der Waals surface area contributed by atoms with Crippen LogP contribution in [0.3, 0.4) is 0 Å². The first-order valence-electron chi connectivity index (χ1n) is 11.7. The van der Waals surface area contributed by atoms with Crippen molar-refractivity contribution in [2.24, 2.45) is 0 Å². The molecule has 2 N–H and O–H groups in total. The highest BCUT2D eigenvalue weighted by Crippen LogP contribution is 2.25. The molecule has 0 bridgehead atoms. The van der Waals surface area contributed by atoms with E-state index in [0.29, 0.717) is 35.3 Å². The summed E-state index contributed by atoms with van der Waals surface area (Å²) in [7, 11) is 1.59. The van der Waals surface area contributed by atoms with Crippen LogP contribution in [0.5, 0.6) is 5.75 Å². The van der Waals surface area contributed by atoms with Crippen LogP contribution in [0.25, 0.3) is 0 Å². The van der Waals surface area contributed by atoms with Crippen LogP contribution < -0.4 is 15.4 Å². The number of thioether (sulfide) groups is 2. The van der Waals surface area contributed by atoms with Crippen molar-refractivity contribution in [1.82, 2.24) is 20.1 Å². The molecule has 3 aromatic rings. The fraction of sp³-hybridized carbons (Fsp3) is 0.385. The van der Waals surface area contributed by atoms with Crippen molar-refractivity contribution in [1.29, 1.82) is 0 Å². The largest absolute Gasteiger partial charge is 0.497 e. The molecule has 1 aromatic heterocycles. The molecular formula is C26H33N5O3S2. The lowest BCUT2D eigenvalue weighted by molar-refractivity contribution is -0.113. The van der Waals surface area contributed by atoms with Gasteiger partial charge in [0.2, 0.25) is 5.91 Å². The van der Waals surface area contributed by atoms with Crippen molar-refractivity contribution in [3.05, 3.63) is 65.0 Å². The fourth-order valence-electron chi connectivity index (χ4n) is 3.76. The van der Waals surface area contributed by atoms with Gasteiger partial charge in [-0.3, -0.25) is 9.59 Å². The molecular weight excluding hydrogens is 494 g/mol. The second-order valence-electron chi connectivity index (χ2n) is 8.22. The third kappa shape index (κ3) is 7.04. The molecule has 0 saturated carbocycles. The lowest BCUT2D eigenvalue weighted by Crippen LogP contribution is -2.31. The maximum atomic E-state index is 13.0. The Morgan fingerprint density at radius 1 is 1.08 bits per heavy atom. The quantitative estimate of drug-likeness (QED) is 0.324. The first-order chi connectivity index (χ1) is 17.4. The minimum atomic E-state index is -0.308. The van der Waals surface area contributed by atoms with Gasteiger partial charge in [0.1, 0.15) is 5.75 Å². The normalized spacial score (nSPS) is 11.7. The number of aromatic nitrogens is 3. The average Bonchev–Trinajstić information content (AvgIpc) is 3.30. The molecule has 1 heterocycles. The van der Waals surface area contributed by atoms with Crippen LogP contribution in [0.2, 0.25) is 0 Å². The molecule has 0 aliphatic carbocycles. The molecule has 192 valence electrons. The van der Waals surface area contributed by atoms with Crippen molar-refractivity contribution in [2.75, 3.05) is 30.2 Å². The molecule has 0 aliphatic rings. The number of nitrogens with one attached hydrogen (secondary N) is 2. The Hall–Kier alpha value is -2.98. The van der Waals surface area contributed by atoms with Crippen molar-refractivity contribution in [2.45, 2.75) is 44.9 Å². The number of carbonyl (C=O) groups is 2. The first kappa shape index (κ1) is 27.6. The minimum absolute atomic E-state index is 0.101. The number of hydrogen-bond acceptors (Lipinski definition) is 7. The van der Waals surface area contributed by atoms with E-state index in [0.717, 1.165) is 22.6 Å². The number of amides is 2. The topological polar surface area (TPSA) is 98.1 Å². The fourth-order valence-corrected chi connectivity index (χ4v) is 5.05. The first-order valence-corrected chi connectivity index (χ1v) is 14.1. The zero-order valence-corrected chi connectivity index (χ0v) is 23.0. The summed E-state index contributed by atoms with van der Waals surface area (Å²) in [5.74, 6) is 2.16. The highest BCUT2D eigenvalue weighted by atomic mass is 32.2. The number of ether oxygens (including phenoxy) is 1. The van der Waals surface area contributed by atoms with Crippen molar-refractivity contribution in [3.8, 4) is 5.75 Å². The third-order valence-electron chi connectivity index (χ3n) is 5.72. The number of aryl methyl sites for hydroxylation is 2. The van der Waals surface area contributed by atoms with Crippen molar-refractivity contribution >= 4 is 41.0 Å². The Labute approximate surface area is 221 Å². The SMILES string of the molecule is CCn1c(SCC(=O)Nc2c(C)cccc2C)nnc1[C@H](CCSC)NC(=O)c1ccc(OC)cc1. The number of rotatable bonds is 12. The van der Waals surface area contributed by atoms with E-state index in [4.69, 9.17) is 4.74 Å². The second kappa shape index (κ2) is 13.4. The summed E-state index contributed by atoms with van der Waals surface area (Å²) < 4.78 is 7.15. The lowest BCUT2D eigenvalue weighted by Gasteiger charge is -2.19. The predicted octanol–water partition coefficient (Wildman–Crippen LogP) is 4.88. The van der Waals surface area contributed by atoms with Crippen molar-refractivity contribution in [3.63, 3.8) is 0 Å². The number of methoxy groups -OCH3 is 1. The molecule has 36 heavy (non-hydrogen) atoms. The molecule has 0 aliphatic heterocycles. The molecule has 1 atom stereocenters. The number of hydrogen-bond donors (Lipinski definition) is 2. The molecule has 0 unspecified atom stereocenters. The van der Waals surface area contributed by atoms with E-state index < -0.39 is 0 Å². The van der Waals surface area contributed by atoms with E-state index in [2.05, 4.69) is 20.8 Å². The van der Waals surface area contributed by atoms with Crippen molar-refractivity contribution < 1.29 is 14.3 Å². The summed E-state index contributed by atoms with van der Waals surface area (Å²) in [4.78, 5) is 25.6. The average molecular weight is 528 g/mol. The van der Waals surface area contributed by atoms with Crippen LogP contribution >= 0.6 is 23.5 Å². The summed E-state index contributed by atoms with van der Waals surface area (Å²) in [6, 6.07) is 12.6. The summed E-state index contributed by atoms with van der Waals surface area (Å²) in [6.45, 7) is 6.58. The number of anilines is 1. The van der Waals surface area contributed by atoms with Crippen LogP contribution in [0.4, 0.5) is 5.69 Å². The Morgan fingerprint density at radius 2 is 1.78 bits per heavy atom. The lowest BCUT2D eigenvalue weighted by atomic mass is 10.1. The molecule has 0 fully saturated rings. The number of benzene rings is 2. The zero-order chi connectivity index (χ0) is 26.1. The second-order valence-corrected chi connectivity index (χ2v) is 10.2. The van der Waals surface area contributed by atoms with Gasteiger partial charge in [0, 0.05) is 17.8 Å². The summed E-state index contributed by atoms with van der Waals surface area (Å²) in [5, 5.41) is 15.6. The Balaban J connectivity index is 1.72. The molecule has 3 rings (SSSR count). The summed E-state index contributed by atoms with van der Waals surface area (Å²) >= 11 is 3.04. The monoisotopic (exact) mass is 527 g/mol. The van der Waals surface area contributed by atoms with E-state index in [1.54, 1.807) is 43.1 Å². The maximum Gasteiger partial charge on any atom is 0.251 e. The standard InChI is InChI=1S/C26H33N5O3S2/c1-6-31-24(21(14-15-35-5)27-25(33)19-10-12-20(34-4)13-11-19)29-30-26(31)36-16-22(32)28-23-17(2)8-7-9-18(23)3/h7-13,21H,6,14-16H2,1-5H3,(H,27,33)(H,28,32)/t21-/m0/s1. The molecule has 8 nitrogen and oxygen atoms in total. The minimum Gasteiger partial charge on any atom is -0.497 e. The van der Waals surface area contributed by atoms with E-state index in [1.165, 1.54) is 11.8 Å². The van der Waals surface area contributed by atoms with Crippen LogP contribution in [-0.4, -0.2) is 51.5 Å². The highest BCUT2D eigenvalue weighted by Gasteiger charge is 2.23. The molecule has 0 saturated heterocycles. The summed E-state index contributed by atoms with van der Waals surface area (Å²) in [6.07, 6.45) is 2.74. The van der Waals surface area contributed by atoms with E-state index in [9.17, 15) is 9.59 Å². The Morgan fingerprint density at radius 3 is 2.39 bits per heavy atom. The van der Waals surface area contributed by atoms with Crippen LogP contribution in [0, 0.1) is 13.8 Å².